The Bertz CT molecular complexity index is 1730. The third-order valence-electron chi connectivity index (χ3n) is 6.71. The molecule has 7 nitrogen and oxygen atoms in total. The number of halogens is 1. The minimum absolute atomic E-state index is 0.383. The van der Waals surface area contributed by atoms with Gasteiger partial charge >= 0.3 is 5.69 Å². The molecule has 36 heavy (non-hydrogen) atoms. The van der Waals surface area contributed by atoms with E-state index in [-0.39, 0.29) is 0 Å². The molecule has 182 valence electrons. The standard InChI is InChI=1S/C27H22ClN3O4S/c1-34-18-4-5-21(28)20(11-18)24-12-22-25(36-24)26(32)31(27(33)30-22)23-14-29-13-17-3-2-16(10-19(17)23)15-6-8-35-9-7-15/h2-5,10-15H,6-9H2,1H3,(H,30,33). The molecule has 2 aromatic carbocycles. The van der Waals surface area contributed by atoms with Crippen molar-refractivity contribution in [1.82, 2.24) is 14.5 Å². The van der Waals surface area contributed by atoms with Crippen LogP contribution >= 0.6 is 22.9 Å². The summed E-state index contributed by atoms with van der Waals surface area (Å²) in [5.41, 5.74) is 1.93. The number of nitrogens with zero attached hydrogens (tertiary/aromatic N) is 2. The zero-order chi connectivity index (χ0) is 24.8. The van der Waals surface area contributed by atoms with Gasteiger partial charge in [-0.15, -0.1) is 11.3 Å². The van der Waals surface area contributed by atoms with Crippen molar-refractivity contribution < 1.29 is 9.47 Å². The molecule has 0 aliphatic carbocycles. The maximum absolute atomic E-state index is 13.7. The molecule has 0 unspecified atom stereocenters. The predicted molar refractivity (Wildman–Crippen MR) is 143 cm³/mol. The average molecular weight is 520 g/mol. The van der Waals surface area contributed by atoms with Crippen LogP contribution < -0.4 is 16.0 Å². The van der Waals surface area contributed by atoms with Gasteiger partial charge in [0.25, 0.3) is 5.56 Å². The Morgan fingerprint density at radius 2 is 1.94 bits per heavy atom. The Labute approximate surface area is 214 Å². The van der Waals surface area contributed by atoms with Crippen LogP contribution in [-0.4, -0.2) is 34.9 Å². The summed E-state index contributed by atoms with van der Waals surface area (Å²) in [7, 11) is 1.58. The normalized spacial score (nSPS) is 14.5. The van der Waals surface area contributed by atoms with E-state index in [0.29, 0.717) is 32.6 Å². The Morgan fingerprint density at radius 1 is 1.11 bits per heavy atom. The lowest BCUT2D eigenvalue weighted by molar-refractivity contribution is 0.0853. The van der Waals surface area contributed by atoms with Gasteiger partial charge in [0.2, 0.25) is 0 Å². The van der Waals surface area contributed by atoms with Gasteiger partial charge in [-0.05, 0) is 54.7 Å². The predicted octanol–water partition coefficient (Wildman–Crippen LogP) is 5.51. The van der Waals surface area contributed by atoms with Crippen LogP contribution in [0.4, 0.5) is 0 Å². The maximum atomic E-state index is 13.7. The first kappa shape index (κ1) is 23.0. The molecule has 0 amide bonds. The van der Waals surface area contributed by atoms with Crippen molar-refractivity contribution in [3.05, 3.63) is 86.3 Å². The van der Waals surface area contributed by atoms with Crippen LogP contribution in [-0.2, 0) is 4.74 Å². The van der Waals surface area contributed by atoms with Crippen molar-refractivity contribution in [3.63, 3.8) is 0 Å². The molecule has 0 bridgehead atoms. The van der Waals surface area contributed by atoms with E-state index in [1.807, 2.05) is 12.1 Å². The molecule has 3 aromatic heterocycles. The molecule has 6 rings (SSSR count). The number of rotatable bonds is 4. The van der Waals surface area contributed by atoms with Gasteiger partial charge in [0, 0.05) is 45.6 Å². The molecule has 1 N–H and O–H groups in total. The highest BCUT2D eigenvalue weighted by molar-refractivity contribution is 7.22. The van der Waals surface area contributed by atoms with E-state index >= 15 is 0 Å². The van der Waals surface area contributed by atoms with Gasteiger partial charge < -0.3 is 14.5 Å². The molecule has 0 radical (unpaired) electrons. The minimum Gasteiger partial charge on any atom is -0.497 e. The highest BCUT2D eigenvalue weighted by atomic mass is 35.5. The van der Waals surface area contributed by atoms with Gasteiger partial charge in [0.05, 0.1) is 24.5 Å². The number of benzene rings is 2. The smallest absolute Gasteiger partial charge is 0.333 e. The molecule has 1 aliphatic heterocycles. The van der Waals surface area contributed by atoms with Gasteiger partial charge in [-0.1, -0.05) is 23.7 Å². The summed E-state index contributed by atoms with van der Waals surface area (Å²) in [4.78, 5) is 34.9. The van der Waals surface area contributed by atoms with Crippen LogP contribution in [0.1, 0.15) is 24.3 Å². The third kappa shape index (κ3) is 3.91. The quantitative estimate of drug-likeness (QED) is 0.338. The summed E-state index contributed by atoms with van der Waals surface area (Å²) < 4.78 is 12.5. The first-order valence-electron chi connectivity index (χ1n) is 11.6. The summed E-state index contributed by atoms with van der Waals surface area (Å²) >= 11 is 7.72. The lowest BCUT2D eigenvalue weighted by Crippen LogP contribution is -2.33. The molecule has 0 spiro atoms. The maximum Gasteiger partial charge on any atom is 0.333 e. The van der Waals surface area contributed by atoms with Crippen molar-refractivity contribution in [1.29, 1.82) is 0 Å². The first-order chi connectivity index (χ1) is 17.5. The molecule has 1 fully saturated rings. The molecule has 0 atom stereocenters. The number of thiophene rings is 1. The highest BCUT2D eigenvalue weighted by Gasteiger charge is 2.20. The van der Waals surface area contributed by atoms with Crippen LogP contribution in [0.25, 0.3) is 37.1 Å². The second-order valence-corrected chi connectivity index (χ2v) is 10.3. The Balaban J connectivity index is 1.53. The van der Waals surface area contributed by atoms with Crippen LogP contribution in [0.2, 0.25) is 5.02 Å². The average Bonchev–Trinajstić information content (AvgIpc) is 3.33. The highest BCUT2D eigenvalue weighted by Crippen LogP contribution is 2.37. The number of fused-ring (bicyclic) bond motifs is 2. The minimum atomic E-state index is -0.514. The molecule has 9 heteroatoms. The largest absolute Gasteiger partial charge is 0.497 e. The van der Waals surface area contributed by atoms with Gasteiger partial charge in [-0.25, -0.2) is 9.36 Å². The number of nitrogens with one attached hydrogen (secondary N) is 1. The molecule has 0 saturated carbocycles. The molecule has 1 aliphatic rings. The van der Waals surface area contributed by atoms with Gasteiger partial charge in [-0.3, -0.25) is 9.78 Å². The molecular formula is C27H22ClN3O4S. The van der Waals surface area contributed by atoms with E-state index < -0.39 is 11.2 Å². The van der Waals surface area contributed by atoms with E-state index in [0.717, 1.165) is 47.3 Å². The third-order valence-corrected chi connectivity index (χ3v) is 8.20. The molecule has 4 heterocycles. The summed E-state index contributed by atoms with van der Waals surface area (Å²) in [6.07, 6.45) is 5.22. The summed E-state index contributed by atoms with van der Waals surface area (Å²) in [6, 6.07) is 13.3. The van der Waals surface area contributed by atoms with Crippen molar-refractivity contribution in [2.75, 3.05) is 20.3 Å². The first-order valence-corrected chi connectivity index (χ1v) is 12.8. The SMILES string of the molecule is COc1ccc(Cl)c(-c2cc3[nH]c(=O)n(-c4cncc5ccc(C6CCOCC6)cc45)c(=O)c3s2)c1. The van der Waals surface area contributed by atoms with Crippen molar-refractivity contribution >= 4 is 43.9 Å². The van der Waals surface area contributed by atoms with Gasteiger partial charge in [-0.2, -0.15) is 0 Å². The van der Waals surface area contributed by atoms with Crippen LogP contribution in [0, 0.1) is 0 Å². The number of hydrogen-bond acceptors (Lipinski definition) is 6. The fourth-order valence-corrected chi connectivity index (χ4v) is 6.16. The summed E-state index contributed by atoms with van der Waals surface area (Å²) in [5.74, 6) is 1.04. The number of hydrogen-bond donors (Lipinski definition) is 1. The molecular weight excluding hydrogens is 498 g/mol. The van der Waals surface area contributed by atoms with Gasteiger partial charge in [0.1, 0.15) is 10.4 Å². The van der Waals surface area contributed by atoms with Gasteiger partial charge in [0.15, 0.2) is 0 Å². The van der Waals surface area contributed by atoms with Crippen LogP contribution in [0.5, 0.6) is 5.75 Å². The second-order valence-electron chi connectivity index (χ2n) is 8.80. The van der Waals surface area contributed by atoms with Crippen LogP contribution in [0.3, 0.4) is 0 Å². The number of aromatic amines is 1. The Morgan fingerprint density at radius 3 is 2.75 bits per heavy atom. The van der Waals surface area contributed by atoms with Crippen LogP contribution in [0.15, 0.2) is 64.4 Å². The topological polar surface area (TPSA) is 86.2 Å². The lowest BCUT2D eigenvalue weighted by atomic mass is 9.90. The fourth-order valence-electron chi connectivity index (χ4n) is 4.81. The molecule has 1 saturated heterocycles. The van der Waals surface area contributed by atoms with E-state index in [2.05, 4.69) is 22.1 Å². The van der Waals surface area contributed by atoms with Crippen molar-refractivity contribution in [2.45, 2.75) is 18.8 Å². The Hall–Kier alpha value is -3.46. The monoisotopic (exact) mass is 519 g/mol. The number of H-pyrrole nitrogens is 1. The number of aromatic nitrogens is 3. The summed E-state index contributed by atoms with van der Waals surface area (Å²) in [5, 5.41) is 2.21. The second kappa shape index (κ2) is 9.20. The fraction of sp³-hybridized carbons (Fsp3) is 0.222. The Kier molecular flexibility index (Phi) is 5.87. The van der Waals surface area contributed by atoms with E-state index in [1.165, 1.54) is 21.5 Å². The van der Waals surface area contributed by atoms with Crippen molar-refractivity contribution in [2.24, 2.45) is 0 Å². The van der Waals surface area contributed by atoms with E-state index in [9.17, 15) is 9.59 Å². The van der Waals surface area contributed by atoms with E-state index in [1.54, 1.807) is 37.7 Å². The number of methoxy groups -OCH3 is 1. The lowest BCUT2D eigenvalue weighted by Gasteiger charge is -2.23. The van der Waals surface area contributed by atoms with Crippen molar-refractivity contribution in [3.8, 4) is 21.9 Å². The zero-order valence-corrected chi connectivity index (χ0v) is 21.0. The number of pyridine rings is 1. The molecule has 5 aromatic rings. The summed E-state index contributed by atoms with van der Waals surface area (Å²) in [6.45, 7) is 1.47. The zero-order valence-electron chi connectivity index (χ0n) is 19.4. The van der Waals surface area contributed by atoms with E-state index in [4.69, 9.17) is 21.1 Å². The number of ether oxygens (including phenoxy) is 2.